The minimum atomic E-state index is -0.440. The number of rotatable bonds is 17. The number of aromatic hydroxyl groups is 1. The second-order valence-electron chi connectivity index (χ2n) is 15.6. The largest absolute Gasteiger partial charge is 0.508 e. The van der Waals surface area contributed by atoms with Crippen LogP contribution in [0.4, 0.5) is 0 Å². The highest BCUT2D eigenvalue weighted by molar-refractivity contribution is 5.77. The molecule has 1 saturated heterocycles. The van der Waals surface area contributed by atoms with E-state index in [1.165, 1.54) is 30.9 Å². The van der Waals surface area contributed by atoms with Gasteiger partial charge in [0.05, 0.1) is 6.04 Å². The molecule has 1 amide bonds. The Morgan fingerprint density at radius 2 is 1.63 bits per heavy atom. The van der Waals surface area contributed by atoms with Gasteiger partial charge in [0.2, 0.25) is 5.91 Å². The fraction of sp³-hybridized carbons (Fsp3) is 0.511. The van der Waals surface area contributed by atoms with Gasteiger partial charge >= 0.3 is 5.97 Å². The Morgan fingerprint density at radius 1 is 0.962 bits per heavy atom. The average Bonchev–Trinajstić information content (AvgIpc) is 3.49. The van der Waals surface area contributed by atoms with Crippen LogP contribution >= 0.6 is 0 Å². The molecule has 1 saturated carbocycles. The van der Waals surface area contributed by atoms with E-state index in [2.05, 4.69) is 77.0 Å². The third-order valence-electron chi connectivity index (χ3n) is 12.5. The first-order valence-electron chi connectivity index (χ1n) is 19.9. The zero-order valence-electron chi connectivity index (χ0n) is 30.9. The minimum Gasteiger partial charge on any atom is -0.508 e. The van der Waals surface area contributed by atoms with E-state index in [9.17, 15) is 14.7 Å². The third-order valence-corrected chi connectivity index (χ3v) is 12.5. The van der Waals surface area contributed by atoms with E-state index in [0.29, 0.717) is 30.4 Å². The van der Waals surface area contributed by atoms with Gasteiger partial charge in [-0.25, -0.2) is 0 Å². The highest BCUT2D eigenvalue weighted by Crippen LogP contribution is 2.65. The predicted octanol–water partition coefficient (Wildman–Crippen LogP) is 8.35. The maximum atomic E-state index is 14.4. The number of carbonyl (C=O) groups excluding carboxylic acids is 2. The number of amides is 1. The van der Waals surface area contributed by atoms with Gasteiger partial charge in [0, 0.05) is 55.1 Å². The quantitative estimate of drug-likeness (QED) is 0.0659. The lowest BCUT2D eigenvalue weighted by Gasteiger charge is -2.60. The predicted molar refractivity (Wildman–Crippen MR) is 205 cm³/mol. The number of hydrogen-bond acceptors (Lipinski definition) is 6. The van der Waals surface area contributed by atoms with Gasteiger partial charge in [0.15, 0.2) is 11.5 Å². The fourth-order valence-electron chi connectivity index (χ4n) is 10.2. The number of benzene rings is 3. The molecule has 7 rings (SSSR count). The van der Waals surface area contributed by atoms with Crippen molar-refractivity contribution in [2.45, 2.75) is 120 Å². The highest BCUT2D eigenvalue weighted by atomic mass is 16.6. The monoisotopic (exact) mass is 704 g/mol. The van der Waals surface area contributed by atoms with Crippen LogP contribution < -0.4 is 9.47 Å². The number of unbranched alkanes of at least 4 members (excludes halogenated alkanes) is 5. The van der Waals surface area contributed by atoms with E-state index in [0.717, 1.165) is 94.8 Å². The standard InChI is InChI=1S/C45H56N2O5/c1-3-27-46-29-26-45-36-24-25-37(44(45)52-43-40(51-32(2)48)31-39(49)35(42(43)45)30-38(36)46)47(28-16-15-22-34-20-12-8-13-21-34)41(50)23-14-6-4-5-9-17-33-18-10-7-11-19-33/h3,7-8,10-13,18-21,31,36-38,44,49H,1,4-6,9,14-17,22-30H2,2H3/t36-,37+,38+,44-,45-/m0/s1. The number of likely N-dealkylation sites (tertiary alicyclic amines) is 1. The van der Waals surface area contributed by atoms with Gasteiger partial charge in [-0.2, -0.15) is 0 Å². The number of piperidine rings is 1. The summed E-state index contributed by atoms with van der Waals surface area (Å²) in [5.74, 6) is 1.17. The van der Waals surface area contributed by atoms with E-state index in [1.807, 2.05) is 6.08 Å². The molecule has 0 unspecified atom stereocenters. The smallest absolute Gasteiger partial charge is 0.308 e. The Balaban J connectivity index is 1.11. The Bertz CT molecular complexity index is 1710. The Hall–Kier alpha value is -4.10. The summed E-state index contributed by atoms with van der Waals surface area (Å²) in [5, 5.41) is 11.4. The van der Waals surface area contributed by atoms with Crippen molar-refractivity contribution in [1.82, 2.24) is 9.80 Å². The molecule has 7 nitrogen and oxygen atoms in total. The molecule has 7 heteroatoms. The summed E-state index contributed by atoms with van der Waals surface area (Å²) in [7, 11) is 0. The molecule has 2 aliphatic heterocycles. The molecule has 0 radical (unpaired) electrons. The number of hydrogen-bond donors (Lipinski definition) is 1. The van der Waals surface area contributed by atoms with Gasteiger partial charge < -0.3 is 19.5 Å². The van der Waals surface area contributed by atoms with E-state index in [4.69, 9.17) is 9.47 Å². The van der Waals surface area contributed by atoms with Crippen LogP contribution in [0.5, 0.6) is 17.2 Å². The van der Waals surface area contributed by atoms with Crippen molar-refractivity contribution in [3.05, 3.63) is 102 Å². The van der Waals surface area contributed by atoms with Crippen molar-refractivity contribution in [3.63, 3.8) is 0 Å². The number of carbonyl (C=O) groups is 2. The maximum absolute atomic E-state index is 14.4. The van der Waals surface area contributed by atoms with Crippen molar-refractivity contribution in [2.75, 3.05) is 19.6 Å². The first kappa shape index (κ1) is 36.3. The van der Waals surface area contributed by atoms with Gasteiger partial charge in [0.25, 0.3) is 0 Å². The van der Waals surface area contributed by atoms with Gasteiger partial charge in [0.1, 0.15) is 11.9 Å². The first-order valence-corrected chi connectivity index (χ1v) is 19.9. The van der Waals surface area contributed by atoms with E-state index in [1.54, 1.807) is 6.07 Å². The van der Waals surface area contributed by atoms with Crippen LogP contribution in [0.25, 0.3) is 0 Å². The first-order chi connectivity index (χ1) is 25.4. The molecule has 1 spiro atoms. The second kappa shape index (κ2) is 16.3. The van der Waals surface area contributed by atoms with Crippen molar-refractivity contribution in [3.8, 4) is 17.2 Å². The van der Waals surface area contributed by atoms with Crippen LogP contribution in [0.15, 0.2) is 79.4 Å². The lowest BCUT2D eigenvalue weighted by atomic mass is 9.50. The number of ether oxygens (including phenoxy) is 2. The maximum Gasteiger partial charge on any atom is 0.308 e. The fourth-order valence-corrected chi connectivity index (χ4v) is 10.2. The second-order valence-corrected chi connectivity index (χ2v) is 15.6. The average molecular weight is 705 g/mol. The normalized spacial score (nSPS) is 24.1. The van der Waals surface area contributed by atoms with Crippen LogP contribution in [0.1, 0.15) is 99.8 Å². The molecule has 5 atom stereocenters. The van der Waals surface area contributed by atoms with Gasteiger partial charge in [-0.05, 0) is 87.8 Å². The van der Waals surface area contributed by atoms with Gasteiger partial charge in [-0.15, -0.1) is 6.58 Å². The van der Waals surface area contributed by atoms with Crippen molar-refractivity contribution < 1.29 is 24.2 Å². The lowest BCUT2D eigenvalue weighted by molar-refractivity contribution is -0.142. The van der Waals surface area contributed by atoms with Crippen molar-refractivity contribution in [2.24, 2.45) is 5.92 Å². The molecule has 2 heterocycles. The van der Waals surface area contributed by atoms with Crippen molar-refractivity contribution in [1.29, 1.82) is 0 Å². The Morgan fingerprint density at radius 3 is 2.33 bits per heavy atom. The van der Waals surface area contributed by atoms with Crippen LogP contribution in [0.3, 0.4) is 0 Å². The topological polar surface area (TPSA) is 79.3 Å². The molecular weight excluding hydrogens is 649 g/mol. The molecule has 4 aliphatic rings. The van der Waals surface area contributed by atoms with Crippen LogP contribution in [-0.2, 0) is 34.3 Å². The summed E-state index contributed by atoms with van der Waals surface area (Å²) < 4.78 is 12.8. The number of phenols is 1. The van der Waals surface area contributed by atoms with Gasteiger partial charge in [-0.3, -0.25) is 14.5 Å². The number of nitrogens with zero attached hydrogens (tertiary/aromatic N) is 2. The number of aryl methyl sites for hydroxylation is 2. The molecule has 2 fully saturated rings. The lowest BCUT2D eigenvalue weighted by Crippen LogP contribution is -2.69. The van der Waals surface area contributed by atoms with E-state index >= 15 is 0 Å². The zero-order valence-corrected chi connectivity index (χ0v) is 30.9. The molecule has 52 heavy (non-hydrogen) atoms. The molecule has 3 aromatic rings. The zero-order chi connectivity index (χ0) is 36.1. The Labute approximate surface area is 310 Å². The molecule has 1 N–H and O–H groups in total. The molecule has 2 aliphatic carbocycles. The van der Waals surface area contributed by atoms with Crippen LogP contribution in [0, 0.1) is 5.92 Å². The molecule has 0 aromatic heterocycles. The third kappa shape index (κ3) is 7.26. The summed E-state index contributed by atoms with van der Waals surface area (Å²) in [5.41, 5.74) is 4.31. The Kier molecular flexibility index (Phi) is 11.4. The summed E-state index contributed by atoms with van der Waals surface area (Å²) in [6.45, 7) is 7.83. The van der Waals surface area contributed by atoms with Crippen LogP contribution in [-0.4, -0.2) is 64.6 Å². The van der Waals surface area contributed by atoms with Crippen molar-refractivity contribution >= 4 is 11.9 Å². The SMILES string of the molecule is C=CCN1CC[C@]23c4c5c(O)cc(OC(C)=O)c4O[C@H]2[C@H](N(CCCCc2ccccc2)C(=O)CCCCCCCc2ccccc2)CC[C@H]3[C@H]1C5. The summed E-state index contributed by atoms with van der Waals surface area (Å²) in [6, 6.07) is 23.0. The summed E-state index contributed by atoms with van der Waals surface area (Å²) in [4.78, 5) is 31.4. The minimum absolute atomic E-state index is 0.0939. The number of phenolic OH excluding ortho intramolecular Hbond substituents is 1. The highest BCUT2D eigenvalue weighted by Gasteiger charge is 2.67. The van der Waals surface area contributed by atoms with E-state index < -0.39 is 5.97 Å². The summed E-state index contributed by atoms with van der Waals surface area (Å²) in [6.07, 6.45) is 15.2. The molecular formula is C45H56N2O5. The number of esters is 1. The van der Waals surface area contributed by atoms with E-state index in [-0.39, 0.29) is 35.3 Å². The van der Waals surface area contributed by atoms with Gasteiger partial charge in [-0.1, -0.05) is 86.0 Å². The molecule has 3 aromatic carbocycles. The summed E-state index contributed by atoms with van der Waals surface area (Å²) >= 11 is 0. The molecule has 2 bridgehead atoms. The van der Waals surface area contributed by atoms with Crippen LogP contribution in [0.2, 0.25) is 0 Å². The molecule has 276 valence electrons.